The number of hydrogen-bond acceptors (Lipinski definition) is 7. The maximum Gasteiger partial charge on any atom is 0.270 e. The Morgan fingerprint density at radius 3 is 2.56 bits per heavy atom. The summed E-state index contributed by atoms with van der Waals surface area (Å²) in [4.78, 5) is 35.9. The van der Waals surface area contributed by atoms with Gasteiger partial charge < -0.3 is 15.1 Å². The molecule has 0 saturated carbocycles. The molecule has 0 aromatic carbocycles. The molecule has 1 aromatic heterocycles. The van der Waals surface area contributed by atoms with E-state index in [0.29, 0.717) is 38.5 Å². The van der Waals surface area contributed by atoms with E-state index in [1.54, 1.807) is 11.8 Å². The lowest BCUT2D eigenvalue weighted by molar-refractivity contribution is -0.129. The van der Waals surface area contributed by atoms with E-state index < -0.39 is 15.7 Å². The Balaban J connectivity index is 1.63. The minimum Gasteiger partial charge on any atom is -0.347 e. The molecule has 0 spiro atoms. The zero-order chi connectivity index (χ0) is 18.0. The van der Waals surface area contributed by atoms with E-state index in [4.69, 9.17) is 0 Å². The molecule has 1 unspecified atom stereocenters. The van der Waals surface area contributed by atoms with Crippen LogP contribution in [0.1, 0.15) is 23.8 Å². The third-order valence-electron chi connectivity index (χ3n) is 4.45. The van der Waals surface area contributed by atoms with Crippen molar-refractivity contribution in [3.05, 3.63) is 18.0 Å². The quantitative estimate of drug-likeness (QED) is 0.734. The number of hydrogen-bond donors (Lipinski definition) is 1. The highest BCUT2D eigenvalue weighted by atomic mass is 32.2. The first-order valence-corrected chi connectivity index (χ1v) is 10.0. The molecule has 3 rings (SSSR count). The highest BCUT2D eigenvalue weighted by Crippen LogP contribution is 2.14. The van der Waals surface area contributed by atoms with Crippen LogP contribution in [0.4, 0.5) is 5.95 Å². The Kier molecular flexibility index (Phi) is 4.89. The molecular weight excluding hydrogens is 346 g/mol. The van der Waals surface area contributed by atoms with Crippen LogP contribution in [-0.4, -0.2) is 78.8 Å². The lowest BCUT2D eigenvalue weighted by Gasteiger charge is -2.34. The molecule has 1 aromatic rings. The lowest BCUT2D eigenvalue weighted by Crippen LogP contribution is -2.48. The Morgan fingerprint density at radius 1 is 1.24 bits per heavy atom. The van der Waals surface area contributed by atoms with Crippen molar-refractivity contribution >= 4 is 27.6 Å². The fourth-order valence-corrected chi connectivity index (χ4v) is 4.69. The minimum atomic E-state index is -3.05. The van der Waals surface area contributed by atoms with Crippen molar-refractivity contribution in [1.82, 2.24) is 20.2 Å². The van der Waals surface area contributed by atoms with Crippen LogP contribution in [0.2, 0.25) is 0 Å². The van der Waals surface area contributed by atoms with E-state index in [0.717, 1.165) is 0 Å². The summed E-state index contributed by atoms with van der Waals surface area (Å²) >= 11 is 0. The second kappa shape index (κ2) is 6.95. The normalized spacial score (nSPS) is 22.7. The van der Waals surface area contributed by atoms with Crippen molar-refractivity contribution in [2.75, 3.05) is 42.6 Å². The molecule has 2 amide bonds. The smallest absolute Gasteiger partial charge is 0.270 e. The highest BCUT2D eigenvalue weighted by Gasteiger charge is 2.29. The summed E-state index contributed by atoms with van der Waals surface area (Å²) in [7, 11) is -3.05. The predicted octanol–water partition coefficient (Wildman–Crippen LogP) is -0.938. The SMILES string of the molecule is CC(=O)N1CCN(c2nccc(C(=O)NC3CCS(=O)(=O)C3)n2)CC1. The van der Waals surface area contributed by atoms with Gasteiger partial charge in [0.05, 0.1) is 11.5 Å². The van der Waals surface area contributed by atoms with E-state index >= 15 is 0 Å². The van der Waals surface area contributed by atoms with Crippen LogP contribution in [0.15, 0.2) is 12.3 Å². The van der Waals surface area contributed by atoms with Gasteiger partial charge in [-0.1, -0.05) is 0 Å². The molecule has 1 atom stereocenters. The summed E-state index contributed by atoms with van der Waals surface area (Å²) in [5, 5.41) is 2.72. The van der Waals surface area contributed by atoms with Crippen molar-refractivity contribution in [1.29, 1.82) is 0 Å². The Hall–Kier alpha value is -2.23. The Bertz CT molecular complexity index is 774. The highest BCUT2D eigenvalue weighted by molar-refractivity contribution is 7.91. The predicted molar refractivity (Wildman–Crippen MR) is 91.0 cm³/mol. The number of rotatable bonds is 3. The van der Waals surface area contributed by atoms with E-state index in [-0.39, 0.29) is 29.1 Å². The van der Waals surface area contributed by atoms with Crippen LogP contribution in [0.25, 0.3) is 0 Å². The summed E-state index contributed by atoms with van der Waals surface area (Å²) < 4.78 is 23.0. The van der Waals surface area contributed by atoms with Crippen LogP contribution in [-0.2, 0) is 14.6 Å². The summed E-state index contributed by atoms with van der Waals surface area (Å²) in [6.07, 6.45) is 1.94. The monoisotopic (exact) mass is 367 g/mol. The third-order valence-corrected chi connectivity index (χ3v) is 6.22. The van der Waals surface area contributed by atoms with Gasteiger partial charge in [0.1, 0.15) is 5.69 Å². The first-order chi connectivity index (χ1) is 11.8. The molecule has 2 aliphatic heterocycles. The third kappa shape index (κ3) is 4.25. The van der Waals surface area contributed by atoms with Crippen molar-refractivity contribution in [2.24, 2.45) is 0 Å². The first-order valence-electron chi connectivity index (χ1n) is 8.19. The molecule has 25 heavy (non-hydrogen) atoms. The summed E-state index contributed by atoms with van der Waals surface area (Å²) in [6.45, 7) is 3.93. The Labute approximate surface area is 146 Å². The molecule has 2 fully saturated rings. The summed E-state index contributed by atoms with van der Waals surface area (Å²) in [5.74, 6) is 0.167. The van der Waals surface area contributed by atoms with Crippen molar-refractivity contribution in [3.63, 3.8) is 0 Å². The standard InChI is InChI=1S/C15H21N5O4S/c1-11(21)19-5-7-20(8-6-19)15-16-4-2-13(18-15)14(22)17-12-3-9-25(23,24)10-12/h2,4,12H,3,5-10H2,1H3,(H,17,22). The fraction of sp³-hybridized carbons (Fsp3) is 0.600. The number of carbonyl (C=O) groups is 2. The van der Waals surface area contributed by atoms with E-state index in [9.17, 15) is 18.0 Å². The molecule has 3 heterocycles. The molecule has 2 saturated heterocycles. The molecule has 10 heteroatoms. The van der Waals surface area contributed by atoms with Gasteiger partial charge in [0, 0.05) is 45.3 Å². The van der Waals surface area contributed by atoms with Gasteiger partial charge in [0.25, 0.3) is 5.91 Å². The maximum absolute atomic E-state index is 12.3. The fourth-order valence-electron chi connectivity index (χ4n) is 3.02. The lowest BCUT2D eigenvalue weighted by atomic mass is 10.2. The molecule has 9 nitrogen and oxygen atoms in total. The number of carbonyl (C=O) groups excluding carboxylic acids is 2. The number of aromatic nitrogens is 2. The topological polar surface area (TPSA) is 113 Å². The van der Waals surface area contributed by atoms with E-state index in [1.807, 2.05) is 4.90 Å². The summed E-state index contributed by atoms with van der Waals surface area (Å²) in [5.41, 5.74) is 0.211. The van der Waals surface area contributed by atoms with Gasteiger partial charge in [-0.2, -0.15) is 0 Å². The van der Waals surface area contributed by atoms with Crippen molar-refractivity contribution in [2.45, 2.75) is 19.4 Å². The largest absolute Gasteiger partial charge is 0.347 e. The van der Waals surface area contributed by atoms with Crippen LogP contribution in [0, 0.1) is 0 Å². The van der Waals surface area contributed by atoms with Gasteiger partial charge in [-0.15, -0.1) is 0 Å². The van der Waals surface area contributed by atoms with Crippen molar-refractivity contribution < 1.29 is 18.0 Å². The average molecular weight is 367 g/mol. The minimum absolute atomic E-state index is 0.0241. The van der Waals surface area contributed by atoms with Crippen molar-refractivity contribution in [3.8, 4) is 0 Å². The van der Waals surface area contributed by atoms with Crippen LogP contribution < -0.4 is 10.2 Å². The van der Waals surface area contributed by atoms with Gasteiger partial charge >= 0.3 is 0 Å². The zero-order valence-electron chi connectivity index (χ0n) is 14.0. The molecule has 0 aliphatic carbocycles. The van der Waals surface area contributed by atoms with Crippen LogP contribution in [0.3, 0.4) is 0 Å². The van der Waals surface area contributed by atoms with Crippen LogP contribution >= 0.6 is 0 Å². The maximum atomic E-state index is 12.3. The number of amides is 2. The molecular formula is C15H21N5O4S. The van der Waals surface area contributed by atoms with E-state index in [1.165, 1.54) is 12.3 Å². The van der Waals surface area contributed by atoms with E-state index in [2.05, 4.69) is 15.3 Å². The van der Waals surface area contributed by atoms with Gasteiger partial charge in [0.2, 0.25) is 11.9 Å². The molecule has 136 valence electrons. The molecule has 1 N–H and O–H groups in total. The first kappa shape index (κ1) is 17.6. The summed E-state index contributed by atoms with van der Waals surface area (Å²) in [6, 6.07) is 1.14. The van der Waals surface area contributed by atoms with Gasteiger partial charge in [-0.25, -0.2) is 18.4 Å². The van der Waals surface area contributed by atoms with Gasteiger partial charge in [-0.3, -0.25) is 9.59 Å². The number of piperazine rings is 1. The van der Waals surface area contributed by atoms with Gasteiger partial charge in [0.15, 0.2) is 9.84 Å². The zero-order valence-corrected chi connectivity index (χ0v) is 14.8. The second-order valence-electron chi connectivity index (χ2n) is 6.31. The number of sulfone groups is 1. The molecule has 0 bridgehead atoms. The average Bonchev–Trinajstić information content (AvgIpc) is 2.93. The Morgan fingerprint density at radius 2 is 1.96 bits per heavy atom. The second-order valence-corrected chi connectivity index (χ2v) is 8.54. The van der Waals surface area contributed by atoms with Gasteiger partial charge in [-0.05, 0) is 12.5 Å². The van der Waals surface area contributed by atoms with Crippen LogP contribution in [0.5, 0.6) is 0 Å². The number of nitrogens with zero attached hydrogens (tertiary/aromatic N) is 4. The number of nitrogens with one attached hydrogen (secondary N) is 1. The molecule has 2 aliphatic rings. The molecule has 0 radical (unpaired) electrons. The number of anilines is 1.